The van der Waals surface area contributed by atoms with E-state index >= 15 is 0 Å². The second-order valence-electron chi connectivity index (χ2n) is 7.74. The van der Waals surface area contributed by atoms with Crippen LogP contribution in [0, 0.1) is 0 Å². The normalized spacial score (nSPS) is 16.8. The fraction of sp³-hybridized carbons (Fsp3) is 0.409. The van der Waals surface area contributed by atoms with Gasteiger partial charge in [-0.25, -0.2) is 8.42 Å². The number of carbonyl (C=O) groups is 1. The number of rotatable bonds is 8. The summed E-state index contributed by atoms with van der Waals surface area (Å²) in [6, 6.07) is 9.94. The predicted molar refractivity (Wildman–Crippen MR) is 114 cm³/mol. The van der Waals surface area contributed by atoms with E-state index in [1.165, 1.54) is 13.2 Å². The number of methoxy groups -OCH3 is 1. The number of para-hydroxylation sites is 1. The van der Waals surface area contributed by atoms with Crippen LogP contribution in [0.4, 0.5) is 5.69 Å². The van der Waals surface area contributed by atoms with Crippen molar-refractivity contribution in [3.8, 4) is 11.5 Å². The number of likely N-dealkylation sites (N-methyl/N-ethyl adjacent to an activating group) is 1. The van der Waals surface area contributed by atoms with Crippen LogP contribution in [0.2, 0.25) is 0 Å². The maximum absolute atomic E-state index is 13.1. The second kappa shape index (κ2) is 7.92. The molecule has 160 valence electrons. The highest BCUT2D eigenvalue weighted by Gasteiger charge is 2.51. The van der Waals surface area contributed by atoms with Crippen LogP contribution in [0.15, 0.2) is 41.3 Å². The Kier molecular flexibility index (Phi) is 5.46. The van der Waals surface area contributed by atoms with Crippen LogP contribution in [0.3, 0.4) is 0 Å². The van der Waals surface area contributed by atoms with Gasteiger partial charge in [0.2, 0.25) is 0 Å². The molecule has 2 aliphatic rings. The third kappa shape index (κ3) is 3.44. The molecule has 1 spiro atoms. The van der Waals surface area contributed by atoms with E-state index < -0.39 is 15.4 Å². The number of benzene rings is 2. The average molecular weight is 431 g/mol. The number of nitrogens with one attached hydrogen (secondary N) is 2. The highest BCUT2D eigenvalue weighted by atomic mass is 32.2. The third-order valence-corrected chi connectivity index (χ3v) is 7.44. The molecular formula is C22H26N2O5S. The Morgan fingerprint density at radius 2 is 1.90 bits per heavy atom. The van der Waals surface area contributed by atoms with Crippen LogP contribution < -0.4 is 19.5 Å². The molecule has 2 aliphatic carbocycles. The molecule has 0 aromatic heterocycles. The molecule has 0 saturated heterocycles. The van der Waals surface area contributed by atoms with Gasteiger partial charge >= 0.3 is 0 Å². The van der Waals surface area contributed by atoms with Gasteiger partial charge in [0, 0.05) is 24.6 Å². The van der Waals surface area contributed by atoms with E-state index in [4.69, 9.17) is 9.47 Å². The van der Waals surface area contributed by atoms with Gasteiger partial charge in [-0.2, -0.15) is 0 Å². The van der Waals surface area contributed by atoms with E-state index in [9.17, 15) is 13.2 Å². The fourth-order valence-corrected chi connectivity index (χ4v) is 5.53. The Morgan fingerprint density at radius 1 is 1.13 bits per heavy atom. The van der Waals surface area contributed by atoms with Crippen molar-refractivity contribution in [3.05, 3.63) is 47.5 Å². The summed E-state index contributed by atoms with van der Waals surface area (Å²) in [7, 11) is -0.617. The number of ether oxygens (including phenoxy) is 2. The van der Waals surface area contributed by atoms with Crippen molar-refractivity contribution in [2.24, 2.45) is 0 Å². The minimum absolute atomic E-state index is 0.0556. The maximum atomic E-state index is 13.1. The van der Waals surface area contributed by atoms with Crippen molar-refractivity contribution in [3.63, 3.8) is 0 Å². The number of hydrogen-bond acceptors (Lipinski definition) is 6. The summed E-state index contributed by atoms with van der Waals surface area (Å²) in [6.45, 7) is 1.07. The molecule has 1 saturated carbocycles. The molecule has 0 aliphatic heterocycles. The molecular weight excluding hydrogens is 404 g/mol. The standard InChI is InChI=1S/C22H26N2O5S/c1-23-10-11-29-19-13-15(12-17-16(19)14-21(25)22(17)8-5-9-22)24-30(26,27)20-7-4-3-6-18(20)28-2/h3-4,6-7,12-13,23-24H,5,8-11,14H2,1-2H3. The smallest absolute Gasteiger partial charge is 0.265 e. The van der Waals surface area contributed by atoms with Crippen LogP contribution in [0.5, 0.6) is 11.5 Å². The first-order valence-electron chi connectivity index (χ1n) is 10.1. The summed E-state index contributed by atoms with van der Waals surface area (Å²) in [5.41, 5.74) is 1.69. The van der Waals surface area contributed by atoms with Crippen molar-refractivity contribution < 1.29 is 22.7 Å². The Balaban J connectivity index is 1.74. The molecule has 0 radical (unpaired) electrons. The fourth-order valence-electron chi connectivity index (χ4n) is 4.31. The lowest BCUT2D eigenvalue weighted by Crippen LogP contribution is -2.39. The Labute approximate surface area is 176 Å². The lowest BCUT2D eigenvalue weighted by atomic mass is 9.64. The first-order chi connectivity index (χ1) is 14.4. The SMILES string of the molecule is CNCCOc1cc(NS(=O)(=O)c2ccccc2OC)cc2c1CC(=O)C21CCC1. The highest BCUT2D eigenvalue weighted by molar-refractivity contribution is 7.92. The minimum atomic E-state index is -3.88. The number of anilines is 1. The zero-order chi connectivity index (χ0) is 21.4. The van der Waals surface area contributed by atoms with Gasteiger partial charge in [0.1, 0.15) is 28.8 Å². The van der Waals surface area contributed by atoms with Gasteiger partial charge in [-0.1, -0.05) is 18.6 Å². The molecule has 2 N–H and O–H groups in total. The minimum Gasteiger partial charge on any atom is -0.495 e. The van der Waals surface area contributed by atoms with E-state index in [-0.39, 0.29) is 16.4 Å². The second-order valence-corrected chi connectivity index (χ2v) is 9.40. The van der Waals surface area contributed by atoms with Gasteiger partial charge in [-0.3, -0.25) is 9.52 Å². The number of sulfonamides is 1. The lowest BCUT2D eigenvalue weighted by molar-refractivity contribution is -0.125. The van der Waals surface area contributed by atoms with Crippen LogP contribution in [-0.4, -0.2) is 41.5 Å². The number of Topliss-reactive ketones (excluding diaryl/α,β-unsaturated/α-hetero) is 1. The number of hydrogen-bond donors (Lipinski definition) is 2. The van der Waals surface area contributed by atoms with Crippen molar-refractivity contribution >= 4 is 21.5 Å². The zero-order valence-electron chi connectivity index (χ0n) is 17.2. The molecule has 0 amide bonds. The van der Waals surface area contributed by atoms with Crippen molar-refractivity contribution in [1.82, 2.24) is 5.32 Å². The van der Waals surface area contributed by atoms with Gasteiger partial charge in [-0.15, -0.1) is 0 Å². The van der Waals surface area contributed by atoms with E-state index in [1.54, 1.807) is 30.3 Å². The maximum Gasteiger partial charge on any atom is 0.265 e. The third-order valence-electron chi connectivity index (χ3n) is 6.02. The van der Waals surface area contributed by atoms with Crippen molar-refractivity contribution in [2.45, 2.75) is 36.0 Å². The summed E-state index contributed by atoms with van der Waals surface area (Å²) < 4.78 is 39.9. The van der Waals surface area contributed by atoms with Crippen molar-refractivity contribution in [2.75, 3.05) is 32.0 Å². The molecule has 2 aromatic carbocycles. The first-order valence-corrected chi connectivity index (χ1v) is 11.5. The number of carbonyl (C=O) groups excluding carboxylic acids is 1. The summed E-state index contributed by atoms with van der Waals surface area (Å²) in [5.74, 6) is 1.03. The summed E-state index contributed by atoms with van der Waals surface area (Å²) in [5, 5.41) is 3.02. The number of fused-ring (bicyclic) bond motifs is 2. The van der Waals surface area contributed by atoms with Crippen molar-refractivity contribution in [1.29, 1.82) is 0 Å². The molecule has 30 heavy (non-hydrogen) atoms. The molecule has 8 heteroatoms. The van der Waals surface area contributed by atoms with E-state index in [0.717, 1.165) is 30.4 Å². The topological polar surface area (TPSA) is 93.7 Å². The van der Waals surface area contributed by atoms with Crippen LogP contribution in [-0.2, 0) is 26.7 Å². The van der Waals surface area contributed by atoms with Gasteiger partial charge in [0.05, 0.1) is 18.2 Å². The highest BCUT2D eigenvalue weighted by Crippen LogP contribution is 2.53. The van der Waals surface area contributed by atoms with Gasteiger partial charge in [0.25, 0.3) is 10.0 Å². The summed E-state index contributed by atoms with van der Waals surface area (Å²) in [6.07, 6.45) is 2.94. The van der Waals surface area contributed by atoms with E-state index in [2.05, 4.69) is 10.0 Å². The number of ketones is 1. The molecule has 2 aromatic rings. The Bertz CT molecular complexity index is 1080. The lowest BCUT2D eigenvalue weighted by Gasteiger charge is -2.37. The van der Waals surface area contributed by atoms with Gasteiger partial charge in [0.15, 0.2) is 0 Å². The van der Waals surface area contributed by atoms with Crippen LogP contribution >= 0.6 is 0 Å². The molecule has 4 rings (SSSR count). The van der Waals surface area contributed by atoms with Gasteiger partial charge < -0.3 is 14.8 Å². The molecule has 0 bridgehead atoms. The van der Waals surface area contributed by atoms with Gasteiger partial charge in [-0.05, 0) is 43.7 Å². The van der Waals surface area contributed by atoms with Crippen LogP contribution in [0.25, 0.3) is 0 Å². The molecule has 1 fully saturated rings. The van der Waals surface area contributed by atoms with E-state index in [0.29, 0.717) is 31.0 Å². The first kappa shape index (κ1) is 20.7. The zero-order valence-corrected chi connectivity index (χ0v) is 18.0. The Morgan fingerprint density at radius 3 is 2.57 bits per heavy atom. The Hall–Kier alpha value is -2.58. The molecule has 0 atom stereocenters. The molecule has 7 nitrogen and oxygen atoms in total. The molecule has 0 heterocycles. The average Bonchev–Trinajstić information content (AvgIpc) is 3.00. The largest absolute Gasteiger partial charge is 0.495 e. The monoisotopic (exact) mass is 430 g/mol. The summed E-state index contributed by atoms with van der Waals surface area (Å²) in [4.78, 5) is 12.9. The summed E-state index contributed by atoms with van der Waals surface area (Å²) >= 11 is 0. The predicted octanol–water partition coefficient (Wildman–Crippen LogP) is 2.64. The quantitative estimate of drug-likeness (QED) is 0.626. The van der Waals surface area contributed by atoms with E-state index in [1.807, 2.05) is 7.05 Å². The van der Waals surface area contributed by atoms with Crippen LogP contribution in [0.1, 0.15) is 30.4 Å². The molecule has 0 unspecified atom stereocenters.